The third-order valence-electron chi connectivity index (χ3n) is 4.01. The molecule has 1 aromatic rings. The molecule has 0 aliphatic carbocycles. The number of nitrogens with one attached hydrogen (secondary N) is 3. The highest BCUT2D eigenvalue weighted by atomic mass is 35.5. The number of benzene rings is 1. The third-order valence-corrected chi connectivity index (χ3v) is 4.26. The van der Waals surface area contributed by atoms with Crippen LogP contribution in [0.2, 0.25) is 5.02 Å². The summed E-state index contributed by atoms with van der Waals surface area (Å²) in [6, 6.07) is 5.99. The van der Waals surface area contributed by atoms with E-state index < -0.39 is 6.04 Å². The highest BCUT2D eigenvalue weighted by Gasteiger charge is 2.16. The minimum Gasteiger partial charge on any atom is -0.354 e. The lowest BCUT2D eigenvalue weighted by atomic mass is 10.2. The highest BCUT2D eigenvalue weighted by Crippen LogP contribution is 2.09. The molecule has 0 aromatic heterocycles. The number of rotatable bonds is 7. The van der Waals surface area contributed by atoms with E-state index >= 15 is 0 Å². The van der Waals surface area contributed by atoms with E-state index in [-0.39, 0.29) is 11.8 Å². The Hall–Kier alpha value is -1.63. The summed E-state index contributed by atoms with van der Waals surface area (Å²) in [5.41, 5.74) is 0.484. The number of amides is 2. The molecule has 1 saturated heterocycles. The molecule has 1 atom stereocenters. The van der Waals surface area contributed by atoms with Crippen LogP contribution in [0.3, 0.4) is 0 Å². The first kappa shape index (κ1) is 18.7. The van der Waals surface area contributed by atoms with Gasteiger partial charge in [0, 0.05) is 43.3 Å². The molecule has 24 heavy (non-hydrogen) atoms. The zero-order chi connectivity index (χ0) is 17.4. The molecule has 1 heterocycles. The van der Waals surface area contributed by atoms with Gasteiger partial charge < -0.3 is 20.9 Å². The summed E-state index contributed by atoms with van der Waals surface area (Å²) in [5, 5.41) is 9.45. The SMILES string of the molecule is CC(NC(=O)c1ccc(Cl)cc1)C(=O)NCCCN1CCNCC1. The number of nitrogens with zero attached hydrogens (tertiary/aromatic N) is 1. The molecular formula is C17H25ClN4O2. The predicted octanol–water partition coefficient (Wildman–Crippen LogP) is 0.870. The number of carbonyl (C=O) groups excluding carboxylic acids is 2. The fourth-order valence-electron chi connectivity index (χ4n) is 2.55. The van der Waals surface area contributed by atoms with Crippen molar-refractivity contribution in [3.63, 3.8) is 0 Å². The largest absolute Gasteiger partial charge is 0.354 e. The lowest BCUT2D eigenvalue weighted by Gasteiger charge is -2.27. The summed E-state index contributed by atoms with van der Waals surface area (Å²) in [6.07, 6.45) is 0.906. The van der Waals surface area contributed by atoms with E-state index in [1.54, 1.807) is 31.2 Å². The molecule has 1 aliphatic rings. The molecule has 0 radical (unpaired) electrons. The Labute approximate surface area is 147 Å². The van der Waals surface area contributed by atoms with Gasteiger partial charge in [-0.25, -0.2) is 0 Å². The van der Waals surface area contributed by atoms with Crippen LogP contribution < -0.4 is 16.0 Å². The summed E-state index contributed by atoms with van der Waals surface area (Å²) >= 11 is 5.80. The van der Waals surface area contributed by atoms with Crippen LogP contribution in [0, 0.1) is 0 Å². The first-order valence-corrected chi connectivity index (χ1v) is 8.71. The molecule has 132 valence electrons. The Balaban J connectivity index is 1.65. The molecule has 7 heteroatoms. The summed E-state index contributed by atoms with van der Waals surface area (Å²) in [4.78, 5) is 26.5. The van der Waals surface area contributed by atoms with Crippen molar-refractivity contribution in [3.05, 3.63) is 34.9 Å². The predicted molar refractivity (Wildman–Crippen MR) is 95.3 cm³/mol. The Morgan fingerprint density at radius 1 is 1.25 bits per heavy atom. The van der Waals surface area contributed by atoms with Crippen LogP contribution in [0.15, 0.2) is 24.3 Å². The van der Waals surface area contributed by atoms with E-state index in [1.807, 2.05) is 0 Å². The van der Waals surface area contributed by atoms with Crippen LogP contribution in [0.25, 0.3) is 0 Å². The number of hydrogen-bond donors (Lipinski definition) is 3. The molecule has 6 nitrogen and oxygen atoms in total. The van der Waals surface area contributed by atoms with Crippen molar-refractivity contribution in [1.82, 2.24) is 20.9 Å². The van der Waals surface area contributed by atoms with E-state index in [0.29, 0.717) is 17.1 Å². The smallest absolute Gasteiger partial charge is 0.251 e. The van der Waals surface area contributed by atoms with Crippen molar-refractivity contribution in [2.75, 3.05) is 39.3 Å². The summed E-state index contributed by atoms with van der Waals surface area (Å²) < 4.78 is 0. The first-order chi connectivity index (χ1) is 11.6. The fraction of sp³-hybridized carbons (Fsp3) is 0.529. The van der Waals surface area contributed by atoms with Crippen LogP contribution in [-0.4, -0.2) is 62.0 Å². The Bertz CT molecular complexity index is 544. The van der Waals surface area contributed by atoms with Crippen LogP contribution in [0.1, 0.15) is 23.7 Å². The summed E-state index contributed by atoms with van der Waals surface area (Å²) in [5.74, 6) is -0.451. The lowest BCUT2D eigenvalue weighted by Crippen LogP contribution is -2.46. The highest BCUT2D eigenvalue weighted by molar-refractivity contribution is 6.30. The average Bonchev–Trinajstić information content (AvgIpc) is 2.60. The van der Waals surface area contributed by atoms with Gasteiger partial charge in [-0.05, 0) is 44.2 Å². The lowest BCUT2D eigenvalue weighted by molar-refractivity contribution is -0.122. The van der Waals surface area contributed by atoms with Crippen molar-refractivity contribution < 1.29 is 9.59 Å². The second-order valence-electron chi connectivity index (χ2n) is 5.94. The quantitative estimate of drug-likeness (QED) is 0.637. The standard InChI is InChI=1S/C17H25ClN4O2/c1-13(21-17(24)14-3-5-15(18)6-4-14)16(23)20-7-2-10-22-11-8-19-9-12-22/h3-6,13,19H,2,7-12H2,1H3,(H,20,23)(H,21,24). The zero-order valence-electron chi connectivity index (χ0n) is 14.0. The Morgan fingerprint density at radius 2 is 1.92 bits per heavy atom. The van der Waals surface area contributed by atoms with Crippen molar-refractivity contribution in [2.24, 2.45) is 0 Å². The van der Waals surface area contributed by atoms with Gasteiger partial charge in [0.05, 0.1) is 0 Å². The van der Waals surface area contributed by atoms with E-state index in [4.69, 9.17) is 11.6 Å². The van der Waals surface area contributed by atoms with Gasteiger partial charge in [0.25, 0.3) is 5.91 Å². The molecule has 3 N–H and O–H groups in total. The maximum Gasteiger partial charge on any atom is 0.251 e. The molecule has 0 bridgehead atoms. The van der Waals surface area contributed by atoms with Crippen LogP contribution >= 0.6 is 11.6 Å². The van der Waals surface area contributed by atoms with E-state index in [2.05, 4.69) is 20.9 Å². The minimum absolute atomic E-state index is 0.169. The third kappa shape index (κ3) is 6.11. The molecule has 1 fully saturated rings. The van der Waals surface area contributed by atoms with Gasteiger partial charge in [0.2, 0.25) is 5.91 Å². The first-order valence-electron chi connectivity index (χ1n) is 8.33. The van der Waals surface area contributed by atoms with Gasteiger partial charge in [-0.15, -0.1) is 0 Å². The fourth-order valence-corrected chi connectivity index (χ4v) is 2.67. The van der Waals surface area contributed by atoms with Gasteiger partial charge in [-0.1, -0.05) is 11.6 Å². The molecule has 1 aliphatic heterocycles. The monoisotopic (exact) mass is 352 g/mol. The van der Waals surface area contributed by atoms with Crippen molar-refractivity contribution >= 4 is 23.4 Å². The summed E-state index contributed by atoms with van der Waals surface area (Å²) in [6.45, 7) is 7.44. The number of halogens is 1. The maximum absolute atomic E-state index is 12.1. The van der Waals surface area contributed by atoms with E-state index in [9.17, 15) is 9.59 Å². The molecule has 2 rings (SSSR count). The number of carbonyl (C=O) groups is 2. The molecular weight excluding hydrogens is 328 g/mol. The zero-order valence-corrected chi connectivity index (χ0v) is 14.7. The maximum atomic E-state index is 12.1. The summed E-state index contributed by atoms with van der Waals surface area (Å²) in [7, 11) is 0. The molecule has 0 spiro atoms. The average molecular weight is 353 g/mol. The molecule has 2 amide bonds. The Kier molecular flexibility index (Phi) is 7.49. The van der Waals surface area contributed by atoms with Crippen molar-refractivity contribution in [3.8, 4) is 0 Å². The van der Waals surface area contributed by atoms with Crippen LogP contribution in [-0.2, 0) is 4.79 Å². The van der Waals surface area contributed by atoms with E-state index in [0.717, 1.165) is 39.1 Å². The Morgan fingerprint density at radius 3 is 2.58 bits per heavy atom. The molecule has 0 saturated carbocycles. The van der Waals surface area contributed by atoms with Crippen molar-refractivity contribution in [2.45, 2.75) is 19.4 Å². The topological polar surface area (TPSA) is 73.5 Å². The molecule has 1 aromatic carbocycles. The van der Waals surface area contributed by atoms with Gasteiger partial charge in [0.1, 0.15) is 6.04 Å². The minimum atomic E-state index is -0.577. The van der Waals surface area contributed by atoms with Crippen LogP contribution in [0.5, 0.6) is 0 Å². The second-order valence-corrected chi connectivity index (χ2v) is 6.37. The van der Waals surface area contributed by atoms with Crippen LogP contribution in [0.4, 0.5) is 0 Å². The van der Waals surface area contributed by atoms with Gasteiger partial charge in [-0.2, -0.15) is 0 Å². The number of piperazine rings is 1. The van der Waals surface area contributed by atoms with Gasteiger partial charge in [-0.3, -0.25) is 9.59 Å². The second kappa shape index (κ2) is 9.61. The number of hydrogen-bond acceptors (Lipinski definition) is 4. The van der Waals surface area contributed by atoms with E-state index in [1.165, 1.54) is 0 Å². The molecule has 1 unspecified atom stereocenters. The van der Waals surface area contributed by atoms with Gasteiger partial charge in [0.15, 0.2) is 0 Å². The normalized spacial score (nSPS) is 16.4. The van der Waals surface area contributed by atoms with Crippen molar-refractivity contribution in [1.29, 1.82) is 0 Å². The van der Waals surface area contributed by atoms with Gasteiger partial charge >= 0.3 is 0 Å².